The fraction of sp³-hybridized carbons (Fsp3) is 0.308. The molecule has 0 amide bonds. The standard InChI is InChI=1S/C13H14Br2N2/c1-13(2,3)10-6-9(16)11-7(14)4-5-8(15)12(11)17-10/h4-6H,1-3H3,(H2,16,17). The first-order valence-electron chi connectivity index (χ1n) is 5.35. The third-order valence-electron chi connectivity index (χ3n) is 2.66. The van der Waals surface area contributed by atoms with E-state index in [0.29, 0.717) is 0 Å². The SMILES string of the molecule is CC(C)(C)c1cc(N)c2c(Br)ccc(Br)c2n1. The maximum absolute atomic E-state index is 6.13. The topological polar surface area (TPSA) is 38.9 Å². The van der Waals surface area contributed by atoms with Crippen LogP contribution in [0.4, 0.5) is 5.69 Å². The molecule has 0 radical (unpaired) electrons. The van der Waals surface area contributed by atoms with E-state index in [0.717, 1.165) is 31.2 Å². The highest BCUT2D eigenvalue weighted by molar-refractivity contribution is 9.11. The van der Waals surface area contributed by atoms with Gasteiger partial charge in [0.1, 0.15) is 0 Å². The molecule has 0 unspecified atom stereocenters. The average molecular weight is 358 g/mol. The van der Waals surface area contributed by atoms with Crippen LogP contribution in [0.3, 0.4) is 0 Å². The van der Waals surface area contributed by atoms with E-state index in [2.05, 4.69) is 52.6 Å². The lowest BCUT2D eigenvalue weighted by Gasteiger charge is -2.19. The fourth-order valence-corrected chi connectivity index (χ4v) is 2.65. The van der Waals surface area contributed by atoms with Crippen molar-refractivity contribution in [2.45, 2.75) is 26.2 Å². The van der Waals surface area contributed by atoms with E-state index in [-0.39, 0.29) is 5.41 Å². The largest absolute Gasteiger partial charge is 0.398 e. The molecule has 4 heteroatoms. The Morgan fingerprint density at radius 3 is 2.29 bits per heavy atom. The molecule has 0 aliphatic rings. The number of hydrogen-bond acceptors (Lipinski definition) is 2. The summed E-state index contributed by atoms with van der Waals surface area (Å²) in [4.78, 5) is 4.71. The normalized spacial score (nSPS) is 12.1. The van der Waals surface area contributed by atoms with Gasteiger partial charge in [-0.05, 0) is 34.1 Å². The Bertz CT molecular complexity index is 586. The second kappa shape index (κ2) is 4.25. The van der Waals surface area contributed by atoms with Crippen LogP contribution < -0.4 is 5.73 Å². The Morgan fingerprint density at radius 2 is 1.71 bits per heavy atom. The molecule has 0 saturated carbocycles. The van der Waals surface area contributed by atoms with Crippen LogP contribution in [0, 0.1) is 0 Å². The van der Waals surface area contributed by atoms with Crippen molar-refractivity contribution >= 4 is 48.5 Å². The van der Waals surface area contributed by atoms with Crippen molar-refractivity contribution in [3.63, 3.8) is 0 Å². The lowest BCUT2D eigenvalue weighted by Crippen LogP contribution is -2.14. The second-order valence-electron chi connectivity index (χ2n) is 5.10. The van der Waals surface area contributed by atoms with Gasteiger partial charge in [0.2, 0.25) is 0 Å². The highest BCUT2D eigenvalue weighted by Crippen LogP contribution is 2.35. The first kappa shape index (κ1) is 12.8. The Labute approximate surface area is 118 Å². The summed E-state index contributed by atoms with van der Waals surface area (Å²) < 4.78 is 1.94. The number of fused-ring (bicyclic) bond motifs is 1. The van der Waals surface area contributed by atoms with E-state index in [9.17, 15) is 0 Å². The van der Waals surface area contributed by atoms with Crippen LogP contribution in [0.25, 0.3) is 10.9 Å². The molecule has 2 N–H and O–H groups in total. The van der Waals surface area contributed by atoms with Crippen molar-refractivity contribution in [3.8, 4) is 0 Å². The predicted octanol–water partition coefficient (Wildman–Crippen LogP) is 4.64. The summed E-state index contributed by atoms with van der Waals surface area (Å²) >= 11 is 7.04. The van der Waals surface area contributed by atoms with Gasteiger partial charge in [-0.25, -0.2) is 0 Å². The summed E-state index contributed by atoms with van der Waals surface area (Å²) in [6, 6.07) is 5.91. The highest BCUT2D eigenvalue weighted by atomic mass is 79.9. The van der Waals surface area contributed by atoms with Crippen molar-refractivity contribution in [2.24, 2.45) is 0 Å². The van der Waals surface area contributed by atoms with Gasteiger partial charge in [-0.3, -0.25) is 4.98 Å². The van der Waals surface area contributed by atoms with E-state index in [1.807, 2.05) is 18.2 Å². The smallest absolute Gasteiger partial charge is 0.0879 e. The molecule has 0 aliphatic heterocycles. The van der Waals surface area contributed by atoms with Crippen LogP contribution in [0.5, 0.6) is 0 Å². The molecule has 0 bridgehead atoms. The molecule has 2 aromatic rings. The van der Waals surface area contributed by atoms with Gasteiger partial charge in [0.15, 0.2) is 0 Å². The van der Waals surface area contributed by atoms with Gasteiger partial charge in [-0.2, -0.15) is 0 Å². The molecule has 2 rings (SSSR count). The maximum atomic E-state index is 6.13. The lowest BCUT2D eigenvalue weighted by atomic mass is 9.91. The number of anilines is 1. The number of nitrogens with zero attached hydrogens (tertiary/aromatic N) is 1. The van der Waals surface area contributed by atoms with Gasteiger partial charge in [0.25, 0.3) is 0 Å². The van der Waals surface area contributed by atoms with Crippen LogP contribution in [0.2, 0.25) is 0 Å². The third-order valence-corrected chi connectivity index (χ3v) is 3.96. The van der Waals surface area contributed by atoms with Crippen molar-refractivity contribution in [1.82, 2.24) is 4.98 Å². The zero-order chi connectivity index (χ0) is 12.8. The van der Waals surface area contributed by atoms with Gasteiger partial charge >= 0.3 is 0 Å². The van der Waals surface area contributed by atoms with Gasteiger partial charge in [0.05, 0.1) is 5.52 Å². The van der Waals surface area contributed by atoms with Crippen molar-refractivity contribution < 1.29 is 0 Å². The number of halogens is 2. The fourth-order valence-electron chi connectivity index (χ4n) is 1.68. The van der Waals surface area contributed by atoms with Crippen LogP contribution in [-0.2, 0) is 5.41 Å². The number of benzene rings is 1. The first-order valence-corrected chi connectivity index (χ1v) is 6.94. The molecule has 1 heterocycles. The maximum Gasteiger partial charge on any atom is 0.0879 e. The van der Waals surface area contributed by atoms with Crippen LogP contribution in [0.15, 0.2) is 27.1 Å². The van der Waals surface area contributed by atoms with Crippen LogP contribution in [0.1, 0.15) is 26.5 Å². The Hall–Kier alpha value is -0.610. The molecule has 1 aromatic heterocycles. The number of nitrogens with two attached hydrogens (primary N) is 1. The van der Waals surface area contributed by atoms with Crippen molar-refractivity contribution in [2.75, 3.05) is 5.73 Å². The minimum Gasteiger partial charge on any atom is -0.398 e. The molecule has 0 saturated heterocycles. The summed E-state index contributed by atoms with van der Waals surface area (Å²) in [6.45, 7) is 6.39. The summed E-state index contributed by atoms with van der Waals surface area (Å²) in [7, 11) is 0. The summed E-state index contributed by atoms with van der Waals surface area (Å²) in [5, 5.41) is 0.965. The molecule has 1 aromatic carbocycles. The predicted molar refractivity (Wildman–Crippen MR) is 80.3 cm³/mol. The van der Waals surface area contributed by atoms with Crippen LogP contribution >= 0.6 is 31.9 Å². The van der Waals surface area contributed by atoms with E-state index < -0.39 is 0 Å². The minimum absolute atomic E-state index is 0.00985. The lowest BCUT2D eigenvalue weighted by molar-refractivity contribution is 0.572. The Morgan fingerprint density at radius 1 is 1.12 bits per heavy atom. The van der Waals surface area contributed by atoms with Gasteiger partial charge < -0.3 is 5.73 Å². The molecule has 17 heavy (non-hydrogen) atoms. The zero-order valence-electron chi connectivity index (χ0n) is 10.0. The Kier molecular flexibility index (Phi) is 3.21. The Balaban J connectivity index is 2.87. The van der Waals surface area contributed by atoms with E-state index in [4.69, 9.17) is 10.7 Å². The molecule has 0 fully saturated rings. The number of pyridine rings is 1. The van der Waals surface area contributed by atoms with Gasteiger partial charge in [-0.1, -0.05) is 36.7 Å². The summed E-state index contributed by atoms with van der Waals surface area (Å²) in [6.07, 6.45) is 0. The molecular formula is C13H14Br2N2. The summed E-state index contributed by atoms with van der Waals surface area (Å²) in [5.41, 5.74) is 8.79. The van der Waals surface area contributed by atoms with Gasteiger partial charge in [0, 0.05) is 31.1 Å². The van der Waals surface area contributed by atoms with Crippen molar-refractivity contribution in [1.29, 1.82) is 0 Å². The summed E-state index contributed by atoms with van der Waals surface area (Å²) in [5.74, 6) is 0. The second-order valence-corrected chi connectivity index (χ2v) is 6.81. The zero-order valence-corrected chi connectivity index (χ0v) is 13.2. The molecular weight excluding hydrogens is 344 g/mol. The van der Waals surface area contributed by atoms with Crippen LogP contribution in [-0.4, -0.2) is 4.98 Å². The molecule has 0 atom stereocenters. The molecule has 2 nitrogen and oxygen atoms in total. The third kappa shape index (κ3) is 2.33. The quantitative estimate of drug-likeness (QED) is 0.745. The number of rotatable bonds is 0. The number of hydrogen-bond donors (Lipinski definition) is 1. The van der Waals surface area contributed by atoms with E-state index >= 15 is 0 Å². The average Bonchev–Trinajstić information content (AvgIpc) is 2.21. The molecule has 0 spiro atoms. The molecule has 0 aliphatic carbocycles. The highest BCUT2D eigenvalue weighted by Gasteiger charge is 2.18. The number of aromatic nitrogens is 1. The van der Waals surface area contributed by atoms with E-state index in [1.165, 1.54) is 0 Å². The van der Waals surface area contributed by atoms with Gasteiger partial charge in [-0.15, -0.1) is 0 Å². The minimum atomic E-state index is -0.00985. The monoisotopic (exact) mass is 356 g/mol. The molecule has 90 valence electrons. The first-order chi connectivity index (χ1) is 7.80. The van der Waals surface area contributed by atoms with E-state index in [1.54, 1.807) is 0 Å². The van der Waals surface area contributed by atoms with Crippen molar-refractivity contribution in [3.05, 3.63) is 32.8 Å². The number of nitrogen functional groups attached to an aromatic ring is 1.